The van der Waals surface area contributed by atoms with Gasteiger partial charge in [0, 0.05) is 7.11 Å². The van der Waals surface area contributed by atoms with Gasteiger partial charge >= 0.3 is 6.18 Å². The molecular formula is C9H7BrF4O2. The van der Waals surface area contributed by atoms with Crippen molar-refractivity contribution < 1.29 is 27.0 Å². The van der Waals surface area contributed by atoms with Crippen LogP contribution in [0.5, 0.6) is 5.75 Å². The predicted octanol–water partition coefficient (Wildman–Crippen LogP) is 3.59. The monoisotopic (exact) mass is 302 g/mol. The van der Waals surface area contributed by atoms with E-state index in [9.17, 15) is 17.6 Å². The zero-order chi connectivity index (χ0) is 12.3. The normalized spacial score (nSPS) is 11.6. The zero-order valence-electron chi connectivity index (χ0n) is 8.07. The molecule has 90 valence electrons. The Morgan fingerprint density at radius 3 is 2.44 bits per heavy atom. The molecule has 0 bridgehead atoms. The smallest absolute Gasteiger partial charge is 0.419 e. The minimum absolute atomic E-state index is 0.0926. The molecule has 0 heterocycles. The highest BCUT2D eigenvalue weighted by molar-refractivity contribution is 9.10. The van der Waals surface area contributed by atoms with Crippen LogP contribution in [0, 0.1) is 5.82 Å². The number of methoxy groups -OCH3 is 1. The number of halogens is 5. The van der Waals surface area contributed by atoms with Gasteiger partial charge in [0.05, 0.1) is 10.0 Å². The SMILES string of the molecule is COCOc1c(Br)ccc(C(F)(F)F)c1F. The summed E-state index contributed by atoms with van der Waals surface area (Å²) in [6, 6.07) is 1.70. The summed E-state index contributed by atoms with van der Waals surface area (Å²) in [7, 11) is 1.28. The summed E-state index contributed by atoms with van der Waals surface area (Å²) in [5.74, 6) is -1.98. The quantitative estimate of drug-likeness (QED) is 0.627. The Bertz CT molecular complexity index is 379. The third-order valence-corrected chi connectivity index (χ3v) is 2.30. The third-order valence-electron chi connectivity index (χ3n) is 1.68. The molecule has 0 spiro atoms. The summed E-state index contributed by atoms with van der Waals surface area (Å²) >= 11 is 2.89. The summed E-state index contributed by atoms with van der Waals surface area (Å²) in [6.07, 6.45) is -4.75. The fourth-order valence-corrected chi connectivity index (χ4v) is 1.42. The average molecular weight is 303 g/mol. The first-order chi connectivity index (χ1) is 7.38. The van der Waals surface area contributed by atoms with Gasteiger partial charge < -0.3 is 9.47 Å². The van der Waals surface area contributed by atoms with Crippen LogP contribution in [0.25, 0.3) is 0 Å². The van der Waals surface area contributed by atoms with Crippen molar-refractivity contribution in [3.8, 4) is 5.75 Å². The number of alkyl halides is 3. The highest BCUT2D eigenvalue weighted by Gasteiger charge is 2.36. The molecule has 1 aromatic rings. The minimum atomic E-state index is -4.75. The topological polar surface area (TPSA) is 18.5 Å². The molecule has 0 unspecified atom stereocenters. The molecule has 0 saturated heterocycles. The molecule has 0 aliphatic carbocycles. The Kier molecular flexibility index (Phi) is 4.15. The molecule has 0 radical (unpaired) electrons. The largest absolute Gasteiger partial charge is 0.463 e. The van der Waals surface area contributed by atoms with Crippen molar-refractivity contribution in [1.82, 2.24) is 0 Å². The average Bonchev–Trinajstić information content (AvgIpc) is 2.15. The van der Waals surface area contributed by atoms with Gasteiger partial charge in [-0.25, -0.2) is 4.39 Å². The van der Waals surface area contributed by atoms with E-state index in [0.717, 1.165) is 6.07 Å². The van der Waals surface area contributed by atoms with Crippen LogP contribution < -0.4 is 4.74 Å². The number of hydrogen-bond acceptors (Lipinski definition) is 2. The van der Waals surface area contributed by atoms with E-state index >= 15 is 0 Å². The van der Waals surface area contributed by atoms with E-state index in [1.54, 1.807) is 0 Å². The van der Waals surface area contributed by atoms with Crippen molar-refractivity contribution in [2.75, 3.05) is 13.9 Å². The molecule has 0 N–H and O–H groups in total. The van der Waals surface area contributed by atoms with Gasteiger partial charge in [-0.15, -0.1) is 0 Å². The van der Waals surface area contributed by atoms with Crippen LogP contribution in [0.4, 0.5) is 17.6 Å². The zero-order valence-corrected chi connectivity index (χ0v) is 9.65. The summed E-state index contributed by atoms with van der Waals surface area (Å²) in [5.41, 5.74) is -1.37. The van der Waals surface area contributed by atoms with Gasteiger partial charge in [0.15, 0.2) is 18.4 Å². The Morgan fingerprint density at radius 2 is 1.94 bits per heavy atom. The molecule has 0 aromatic heterocycles. The molecule has 0 saturated carbocycles. The number of hydrogen-bond donors (Lipinski definition) is 0. The molecule has 0 aliphatic heterocycles. The molecule has 0 amide bonds. The van der Waals surface area contributed by atoms with Crippen LogP contribution >= 0.6 is 15.9 Å². The van der Waals surface area contributed by atoms with E-state index in [0.29, 0.717) is 6.07 Å². The fraction of sp³-hybridized carbons (Fsp3) is 0.333. The first-order valence-corrected chi connectivity index (χ1v) is 4.84. The van der Waals surface area contributed by atoms with E-state index in [1.807, 2.05) is 0 Å². The lowest BCUT2D eigenvalue weighted by molar-refractivity contribution is -0.140. The van der Waals surface area contributed by atoms with E-state index in [-0.39, 0.29) is 11.3 Å². The van der Waals surface area contributed by atoms with Gasteiger partial charge in [0.2, 0.25) is 0 Å². The van der Waals surface area contributed by atoms with Gasteiger partial charge in [0.1, 0.15) is 0 Å². The molecule has 0 atom stereocenters. The van der Waals surface area contributed by atoms with E-state index in [1.165, 1.54) is 7.11 Å². The molecule has 7 heteroatoms. The highest BCUT2D eigenvalue weighted by Crippen LogP contribution is 2.38. The Morgan fingerprint density at radius 1 is 1.31 bits per heavy atom. The van der Waals surface area contributed by atoms with E-state index in [4.69, 9.17) is 4.74 Å². The van der Waals surface area contributed by atoms with Gasteiger partial charge in [-0.1, -0.05) is 0 Å². The Hall–Kier alpha value is -0.820. The lowest BCUT2D eigenvalue weighted by Gasteiger charge is -2.13. The first kappa shape index (κ1) is 13.2. The van der Waals surface area contributed by atoms with Crippen molar-refractivity contribution in [2.24, 2.45) is 0 Å². The summed E-state index contributed by atoms with van der Waals surface area (Å²) in [4.78, 5) is 0. The maximum Gasteiger partial charge on any atom is 0.419 e. The molecule has 1 rings (SSSR count). The predicted molar refractivity (Wildman–Crippen MR) is 51.6 cm³/mol. The molecule has 2 nitrogen and oxygen atoms in total. The second-order valence-corrected chi connectivity index (χ2v) is 3.64. The molecule has 0 fully saturated rings. The minimum Gasteiger partial charge on any atom is -0.463 e. The van der Waals surface area contributed by atoms with E-state index < -0.39 is 23.3 Å². The van der Waals surface area contributed by atoms with Crippen molar-refractivity contribution in [3.63, 3.8) is 0 Å². The summed E-state index contributed by atoms with van der Waals surface area (Å²) < 4.78 is 59.7. The van der Waals surface area contributed by atoms with Crippen LogP contribution in [-0.4, -0.2) is 13.9 Å². The maximum absolute atomic E-state index is 13.4. The lowest BCUT2D eigenvalue weighted by Crippen LogP contribution is -2.10. The second-order valence-electron chi connectivity index (χ2n) is 2.79. The lowest BCUT2D eigenvalue weighted by atomic mass is 10.2. The van der Waals surface area contributed by atoms with E-state index in [2.05, 4.69) is 20.7 Å². The van der Waals surface area contributed by atoms with Gasteiger partial charge in [-0.2, -0.15) is 13.2 Å². The number of rotatable bonds is 3. The Balaban J connectivity index is 3.16. The van der Waals surface area contributed by atoms with Crippen LogP contribution in [0.2, 0.25) is 0 Å². The standard InChI is InChI=1S/C9H7BrF4O2/c1-15-4-16-8-6(10)3-2-5(7(8)11)9(12,13)14/h2-3H,4H2,1H3. The van der Waals surface area contributed by atoms with Gasteiger partial charge in [0.25, 0.3) is 0 Å². The van der Waals surface area contributed by atoms with Crippen LogP contribution in [0.15, 0.2) is 16.6 Å². The summed E-state index contributed by atoms with van der Waals surface area (Å²) in [6.45, 7) is -0.336. The fourth-order valence-electron chi connectivity index (χ4n) is 1.00. The summed E-state index contributed by atoms with van der Waals surface area (Å²) in [5, 5.41) is 0. The van der Waals surface area contributed by atoms with Crippen molar-refractivity contribution in [1.29, 1.82) is 0 Å². The second kappa shape index (κ2) is 5.01. The highest BCUT2D eigenvalue weighted by atomic mass is 79.9. The maximum atomic E-state index is 13.4. The van der Waals surface area contributed by atoms with Crippen LogP contribution in [0.1, 0.15) is 5.56 Å². The molecular weight excluding hydrogens is 296 g/mol. The van der Waals surface area contributed by atoms with Crippen molar-refractivity contribution in [2.45, 2.75) is 6.18 Å². The molecule has 0 aliphatic rings. The number of benzene rings is 1. The third kappa shape index (κ3) is 2.85. The van der Waals surface area contributed by atoms with Crippen molar-refractivity contribution in [3.05, 3.63) is 28.0 Å². The van der Waals surface area contributed by atoms with Gasteiger partial charge in [-0.05, 0) is 28.1 Å². The Labute approximate surface area is 97.3 Å². The molecule has 1 aromatic carbocycles. The van der Waals surface area contributed by atoms with Gasteiger partial charge in [-0.3, -0.25) is 0 Å². The van der Waals surface area contributed by atoms with Crippen LogP contribution in [0.3, 0.4) is 0 Å². The molecule has 16 heavy (non-hydrogen) atoms. The first-order valence-electron chi connectivity index (χ1n) is 4.05. The van der Waals surface area contributed by atoms with Crippen LogP contribution in [-0.2, 0) is 10.9 Å². The number of ether oxygens (including phenoxy) is 2. The van der Waals surface area contributed by atoms with Crippen molar-refractivity contribution >= 4 is 15.9 Å².